The molecule has 1 N–H and O–H groups in total. The topological polar surface area (TPSA) is 58.6 Å². The van der Waals surface area contributed by atoms with Gasteiger partial charge in [0.2, 0.25) is 11.8 Å². The van der Waals surface area contributed by atoms with Gasteiger partial charge in [0.1, 0.15) is 11.8 Å². The molecule has 0 fully saturated rings. The molecule has 3 rings (SSSR count). The van der Waals surface area contributed by atoms with Crippen LogP contribution in [0.4, 0.5) is 0 Å². The van der Waals surface area contributed by atoms with Crippen LogP contribution >= 0.6 is 23.2 Å². The molecule has 0 unspecified atom stereocenters. The van der Waals surface area contributed by atoms with E-state index >= 15 is 0 Å². The average Bonchev–Trinajstić information content (AvgIpc) is 2.87. The van der Waals surface area contributed by atoms with Gasteiger partial charge in [0, 0.05) is 25.9 Å². The molecule has 7 heteroatoms. The third-order valence-corrected chi connectivity index (χ3v) is 6.52. The van der Waals surface area contributed by atoms with E-state index in [0.717, 1.165) is 22.4 Å². The summed E-state index contributed by atoms with van der Waals surface area (Å²) in [6, 6.07) is 22.1. The molecule has 3 aromatic rings. The summed E-state index contributed by atoms with van der Waals surface area (Å²) < 4.78 is 5.80. The van der Waals surface area contributed by atoms with Crippen LogP contribution in [0.1, 0.15) is 36.5 Å². The van der Waals surface area contributed by atoms with Gasteiger partial charge in [0.05, 0.1) is 16.7 Å². The highest BCUT2D eigenvalue weighted by atomic mass is 35.5. The number of benzene rings is 3. The van der Waals surface area contributed by atoms with Crippen LogP contribution < -0.4 is 10.1 Å². The fourth-order valence-electron chi connectivity index (χ4n) is 3.87. The number of nitrogens with zero attached hydrogens (tertiary/aromatic N) is 1. The Morgan fingerprint density at radius 1 is 0.944 bits per heavy atom. The Morgan fingerprint density at radius 3 is 2.33 bits per heavy atom. The van der Waals surface area contributed by atoms with E-state index < -0.39 is 6.04 Å². The van der Waals surface area contributed by atoms with Crippen molar-refractivity contribution in [3.05, 3.63) is 99.5 Å². The number of carbonyl (C=O) groups is 2. The molecule has 5 nitrogen and oxygen atoms in total. The lowest BCUT2D eigenvalue weighted by Crippen LogP contribution is -2.50. The van der Waals surface area contributed by atoms with Gasteiger partial charge in [0.25, 0.3) is 0 Å². The predicted molar refractivity (Wildman–Crippen MR) is 146 cm³/mol. The number of likely N-dealkylation sites (N-methyl/N-ethyl adjacent to an activating group) is 1. The summed E-state index contributed by atoms with van der Waals surface area (Å²) in [5, 5.41) is 3.74. The second-order valence-electron chi connectivity index (χ2n) is 8.64. The summed E-state index contributed by atoms with van der Waals surface area (Å²) in [7, 11) is 0. The number of nitrogens with one attached hydrogen (secondary N) is 1. The number of hydrogen-bond donors (Lipinski definition) is 1. The van der Waals surface area contributed by atoms with Gasteiger partial charge in [-0.3, -0.25) is 9.59 Å². The summed E-state index contributed by atoms with van der Waals surface area (Å²) in [5.41, 5.74) is 2.93. The van der Waals surface area contributed by atoms with E-state index in [9.17, 15) is 9.59 Å². The predicted octanol–water partition coefficient (Wildman–Crippen LogP) is 6.24. The molecule has 2 amide bonds. The van der Waals surface area contributed by atoms with Crippen LogP contribution in [0.5, 0.6) is 5.75 Å². The molecular weight excluding hydrogens is 495 g/mol. The summed E-state index contributed by atoms with van der Waals surface area (Å²) in [6.45, 7) is 5.00. The molecule has 0 bridgehead atoms. The molecule has 0 aromatic heterocycles. The zero-order valence-corrected chi connectivity index (χ0v) is 22.2. The molecule has 0 aliphatic heterocycles. The van der Waals surface area contributed by atoms with Crippen molar-refractivity contribution in [1.29, 1.82) is 0 Å². The van der Waals surface area contributed by atoms with E-state index in [4.69, 9.17) is 27.9 Å². The number of hydrogen-bond acceptors (Lipinski definition) is 3. The van der Waals surface area contributed by atoms with Gasteiger partial charge in [-0.05, 0) is 55.7 Å². The van der Waals surface area contributed by atoms with Gasteiger partial charge in [-0.25, -0.2) is 0 Å². The lowest BCUT2D eigenvalue weighted by atomic mass is 10.0. The first-order chi connectivity index (χ1) is 17.4. The number of amides is 2. The van der Waals surface area contributed by atoms with Gasteiger partial charge in [-0.15, -0.1) is 0 Å². The molecule has 36 heavy (non-hydrogen) atoms. The molecular formula is C29H32Cl2N2O3. The molecule has 0 saturated heterocycles. The normalized spacial score (nSPS) is 11.6. The first kappa shape index (κ1) is 27.6. The smallest absolute Gasteiger partial charge is 0.243 e. The maximum absolute atomic E-state index is 13.5. The van der Waals surface area contributed by atoms with Crippen LogP contribution in [-0.4, -0.2) is 35.9 Å². The fourth-order valence-corrected chi connectivity index (χ4v) is 4.19. The minimum atomic E-state index is -0.674. The Bertz CT molecular complexity index is 1140. The monoisotopic (exact) mass is 526 g/mol. The number of aryl methyl sites for hydroxylation is 1. The Morgan fingerprint density at radius 2 is 1.67 bits per heavy atom. The molecule has 0 heterocycles. The quantitative estimate of drug-likeness (QED) is 0.284. The fraction of sp³-hybridized carbons (Fsp3) is 0.310. The maximum Gasteiger partial charge on any atom is 0.243 e. The Labute approximate surface area is 223 Å². The molecule has 0 aliphatic rings. The van der Waals surface area contributed by atoms with E-state index in [1.807, 2.05) is 74.5 Å². The van der Waals surface area contributed by atoms with Crippen molar-refractivity contribution >= 4 is 35.0 Å². The van der Waals surface area contributed by atoms with Crippen molar-refractivity contribution in [3.63, 3.8) is 0 Å². The number of ether oxygens (including phenoxy) is 1. The van der Waals surface area contributed by atoms with Crippen LogP contribution in [0.3, 0.4) is 0 Å². The van der Waals surface area contributed by atoms with Gasteiger partial charge in [-0.1, -0.05) is 77.3 Å². The zero-order chi connectivity index (χ0) is 25.9. The van der Waals surface area contributed by atoms with Crippen LogP contribution in [0, 0.1) is 6.92 Å². The van der Waals surface area contributed by atoms with E-state index in [-0.39, 0.29) is 24.8 Å². The third-order valence-electron chi connectivity index (χ3n) is 5.78. The van der Waals surface area contributed by atoms with Crippen molar-refractivity contribution in [3.8, 4) is 5.75 Å². The standard InChI is InChI=1S/C29H32Cl2N2O3/c1-3-32-29(35)27(19-22-8-5-4-6-9-22)33(20-23-13-16-25(30)26(31)18-23)28(34)10-7-17-36-24-14-11-21(2)12-15-24/h4-6,8-9,11-16,18,27H,3,7,10,17,19-20H2,1-2H3,(H,32,35)/t27-/m1/s1. The van der Waals surface area contributed by atoms with Crippen molar-refractivity contribution in [1.82, 2.24) is 10.2 Å². The third kappa shape index (κ3) is 8.28. The lowest BCUT2D eigenvalue weighted by Gasteiger charge is -2.31. The van der Waals surface area contributed by atoms with Gasteiger partial charge in [-0.2, -0.15) is 0 Å². The SMILES string of the molecule is CCNC(=O)[C@@H](Cc1ccccc1)N(Cc1ccc(Cl)c(Cl)c1)C(=O)CCCOc1ccc(C)cc1. The number of rotatable bonds is 12. The Kier molecular flexibility index (Phi) is 10.6. The van der Waals surface area contributed by atoms with E-state index in [0.29, 0.717) is 36.0 Å². The summed E-state index contributed by atoms with van der Waals surface area (Å²) >= 11 is 12.3. The minimum Gasteiger partial charge on any atom is -0.494 e. The van der Waals surface area contributed by atoms with Gasteiger partial charge >= 0.3 is 0 Å². The first-order valence-electron chi connectivity index (χ1n) is 12.1. The van der Waals surface area contributed by atoms with Crippen molar-refractivity contribution in [2.45, 2.75) is 45.7 Å². The van der Waals surface area contributed by atoms with E-state index in [1.165, 1.54) is 0 Å². The Balaban J connectivity index is 1.78. The van der Waals surface area contributed by atoms with Crippen LogP contribution in [0.15, 0.2) is 72.8 Å². The highest BCUT2D eigenvalue weighted by Crippen LogP contribution is 2.24. The summed E-state index contributed by atoms with van der Waals surface area (Å²) in [5.74, 6) is 0.455. The van der Waals surface area contributed by atoms with E-state index in [2.05, 4.69) is 5.32 Å². The lowest BCUT2D eigenvalue weighted by molar-refractivity contribution is -0.141. The second-order valence-corrected chi connectivity index (χ2v) is 9.45. The Hall–Kier alpha value is -3.02. The molecule has 0 spiro atoms. The highest BCUT2D eigenvalue weighted by Gasteiger charge is 2.30. The van der Waals surface area contributed by atoms with Crippen LogP contribution in [-0.2, 0) is 22.6 Å². The van der Waals surface area contributed by atoms with Crippen molar-refractivity contribution in [2.24, 2.45) is 0 Å². The molecule has 0 saturated carbocycles. The number of carbonyl (C=O) groups excluding carboxylic acids is 2. The maximum atomic E-state index is 13.5. The molecule has 0 aliphatic carbocycles. The van der Waals surface area contributed by atoms with Crippen molar-refractivity contribution < 1.29 is 14.3 Å². The van der Waals surface area contributed by atoms with Crippen molar-refractivity contribution in [2.75, 3.05) is 13.2 Å². The van der Waals surface area contributed by atoms with Gasteiger partial charge in [0.15, 0.2) is 0 Å². The molecule has 3 aromatic carbocycles. The number of halogens is 2. The zero-order valence-electron chi connectivity index (χ0n) is 20.7. The molecule has 1 atom stereocenters. The average molecular weight is 527 g/mol. The minimum absolute atomic E-state index is 0.124. The first-order valence-corrected chi connectivity index (χ1v) is 12.9. The summed E-state index contributed by atoms with van der Waals surface area (Å²) in [4.78, 5) is 28.3. The van der Waals surface area contributed by atoms with E-state index in [1.54, 1.807) is 17.0 Å². The second kappa shape index (κ2) is 13.9. The highest BCUT2D eigenvalue weighted by molar-refractivity contribution is 6.42. The van der Waals surface area contributed by atoms with Gasteiger partial charge < -0.3 is 15.0 Å². The van der Waals surface area contributed by atoms with Crippen LogP contribution in [0.25, 0.3) is 0 Å². The summed E-state index contributed by atoms with van der Waals surface area (Å²) in [6.07, 6.45) is 1.18. The van der Waals surface area contributed by atoms with Crippen LogP contribution in [0.2, 0.25) is 10.0 Å². The molecule has 0 radical (unpaired) electrons. The largest absolute Gasteiger partial charge is 0.494 e. The molecule has 190 valence electrons.